The van der Waals surface area contributed by atoms with Crippen molar-refractivity contribution >= 4 is 44.2 Å². The number of benzene rings is 2. The second-order valence-electron chi connectivity index (χ2n) is 4.64. The predicted molar refractivity (Wildman–Crippen MR) is 83.7 cm³/mol. The Balaban J connectivity index is 1.93. The summed E-state index contributed by atoms with van der Waals surface area (Å²) >= 11 is 7.08. The quantitative estimate of drug-likeness (QED) is 0.683. The molecule has 112 valence electrons. The summed E-state index contributed by atoms with van der Waals surface area (Å²) in [6, 6.07) is 7.24. The summed E-state index contributed by atoms with van der Waals surface area (Å²) < 4.78 is 27.2. The van der Waals surface area contributed by atoms with Crippen molar-refractivity contribution in [1.82, 2.24) is 4.98 Å². The van der Waals surface area contributed by atoms with Crippen LogP contribution in [-0.4, -0.2) is 10.9 Å². The van der Waals surface area contributed by atoms with Gasteiger partial charge in [-0.2, -0.15) is 0 Å². The van der Waals surface area contributed by atoms with Gasteiger partial charge in [0.05, 0.1) is 20.8 Å². The van der Waals surface area contributed by atoms with Crippen LogP contribution in [-0.2, 0) is 0 Å². The predicted octanol–water partition coefficient (Wildman–Crippen LogP) is 4.79. The van der Waals surface area contributed by atoms with Crippen LogP contribution in [0, 0.1) is 18.6 Å². The number of thiazole rings is 1. The van der Waals surface area contributed by atoms with Gasteiger partial charge in [0.25, 0.3) is 5.91 Å². The van der Waals surface area contributed by atoms with Crippen molar-refractivity contribution in [3.8, 4) is 0 Å². The van der Waals surface area contributed by atoms with Crippen LogP contribution in [0.25, 0.3) is 10.2 Å². The second kappa shape index (κ2) is 5.62. The van der Waals surface area contributed by atoms with Crippen LogP contribution in [0.2, 0.25) is 5.02 Å². The van der Waals surface area contributed by atoms with E-state index in [0.717, 1.165) is 27.9 Å². The van der Waals surface area contributed by atoms with Gasteiger partial charge in [-0.15, -0.1) is 0 Å². The van der Waals surface area contributed by atoms with Gasteiger partial charge in [-0.3, -0.25) is 10.1 Å². The summed E-state index contributed by atoms with van der Waals surface area (Å²) in [5, 5.41) is 2.77. The third kappa shape index (κ3) is 2.67. The Morgan fingerprint density at radius 3 is 2.73 bits per heavy atom. The largest absolute Gasteiger partial charge is 0.298 e. The second-order valence-corrected chi connectivity index (χ2v) is 6.08. The molecule has 0 aliphatic carbocycles. The first kappa shape index (κ1) is 14.9. The van der Waals surface area contributed by atoms with E-state index in [4.69, 9.17) is 11.6 Å². The molecule has 0 aliphatic rings. The van der Waals surface area contributed by atoms with Crippen LogP contribution in [0.15, 0.2) is 30.3 Å². The minimum atomic E-state index is -1.13. The lowest BCUT2D eigenvalue weighted by atomic mass is 10.2. The normalized spacial score (nSPS) is 10.9. The van der Waals surface area contributed by atoms with Crippen molar-refractivity contribution in [3.63, 3.8) is 0 Å². The fourth-order valence-electron chi connectivity index (χ4n) is 2.00. The molecule has 0 aliphatic heterocycles. The van der Waals surface area contributed by atoms with E-state index in [9.17, 15) is 13.6 Å². The van der Waals surface area contributed by atoms with Gasteiger partial charge in [0, 0.05) is 0 Å². The topological polar surface area (TPSA) is 42.0 Å². The number of para-hydroxylation sites is 1. The number of aromatic nitrogens is 1. The van der Waals surface area contributed by atoms with Crippen molar-refractivity contribution in [2.24, 2.45) is 0 Å². The number of amides is 1. The third-order valence-electron chi connectivity index (χ3n) is 3.10. The molecule has 7 heteroatoms. The van der Waals surface area contributed by atoms with Crippen molar-refractivity contribution in [2.75, 3.05) is 5.32 Å². The van der Waals surface area contributed by atoms with Gasteiger partial charge in [-0.05, 0) is 30.7 Å². The summed E-state index contributed by atoms with van der Waals surface area (Å²) in [5.41, 5.74) is 1.64. The van der Waals surface area contributed by atoms with Crippen LogP contribution in [0.4, 0.5) is 13.9 Å². The van der Waals surface area contributed by atoms with E-state index >= 15 is 0 Å². The van der Waals surface area contributed by atoms with Crippen LogP contribution in [0.1, 0.15) is 15.9 Å². The zero-order valence-electron chi connectivity index (χ0n) is 11.3. The Hall–Kier alpha value is -2.05. The molecular weight excluding hydrogens is 330 g/mol. The SMILES string of the molecule is Cc1cccc2sc(NC(=O)c3cc(F)c(F)cc3Cl)nc12. The van der Waals surface area contributed by atoms with Gasteiger partial charge < -0.3 is 0 Å². The Bertz CT molecular complexity index is 895. The average Bonchev–Trinajstić information content (AvgIpc) is 2.86. The molecule has 22 heavy (non-hydrogen) atoms. The molecule has 0 radical (unpaired) electrons. The highest BCUT2D eigenvalue weighted by atomic mass is 35.5. The molecule has 1 N–H and O–H groups in total. The standard InChI is InChI=1S/C15H9ClF2N2OS/c1-7-3-2-4-12-13(7)19-15(22-12)20-14(21)8-5-10(17)11(18)6-9(8)16/h2-6H,1H3,(H,19,20,21). The summed E-state index contributed by atoms with van der Waals surface area (Å²) in [7, 11) is 0. The smallest absolute Gasteiger partial charge is 0.259 e. The highest BCUT2D eigenvalue weighted by Crippen LogP contribution is 2.29. The molecular formula is C15H9ClF2N2OS. The van der Waals surface area contributed by atoms with Gasteiger partial charge in [-0.25, -0.2) is 13.8 Å². The van der Waals surface area contributed by atoms with Crippen molar-refractivity contribution in [3.05, 3.63) is 58.1 Å². The number of carbonyl (C=O) groups is 1. The van der Waals surface area contributed by atoms with Crippen molar-refractivity contribution in [2.45, 2.75) is 6.92 Å². The molecule has 0 saturated heterocycles. The van der Waals surface area contributed by atoms with E-state index in [-0.39, 0.29) is 10.6 Å². The fourth-order valence-corrected chi connectivity index (χ4v) is 3.18. The molecule has 0 saturated carbocycles. The molecule has 3 rings (SSSR count). The van der Waals surface area contributed by atoms with Gasteiger partial charge in [0.2, 0.25) is 0 Å². The van der Waals surface area contributed by atoms with Gasteiger partial charge in [-0.1, -0.05) is 35.1 Å². The average molecular weight is 339 g/mol. The Kier molecular flexibility index (Phi) is 3.80. The minimum Gasteiger partial charge on any atom is -0.298 e. The lowest BCUT2D eigenvalue weighted by molar-refractivity contribution is 0.102. The van der Waals surface area contributed by atoms with Crippen LogP contribution < -0.4 is 5.32 Å². The van der Waals surface area contributed by atoms with E-state index < -0.39 is 17.5 Å². The minimum absolute atomic E-state index is 0.142. The number of rotatable bonds is 2. The summed E-state index contributed by atoms with van der Waals surface area (Å²) in [6.07, 6.45) is 0. The number of nitrogens with one attached hydrogen (secondary N) is 1. The molecule has 1 aromatic heterocycles. The van der Waals surface area contributed by atoms with Crippen molar-refractivity contribution in [1.29, 1.82) is 0 Å². The molecule has 0 bridgehead atoms. The Morgan fingerprint density at radius 1 is 1.27 bits per heavy atom. The van der Waals surface area contributed by atoms with Crippen LogP contribution in [0.5, 0.6) is 0 Å². The van der Waals surface area contributed by atoms with Crippen molar-refractivity contribution < 1.29 is 13.6 Å². The number of anilines is 1. The molecule has 1 heterocycles. The molecule has 0 unspecified atom stereocenters. The van der Waals surface area contributed by atoms with Crippen LogP contribution in [0.3, 0.4) is 0 Å². The number of carbonyl (C=O) groups excluding carboxylic acids is 1. The summed E-state index contributed by atoms with van der Waals surface area (Å²) in [4.78, 5) is 16.5. The lowest BCUT2D eigenvalue weighted by Gasteiger charge is -2.04. The van der Waals surface area contributed by atoms with E-state index in [1.54, 1.807) is 0 Å². The first-order valence-electron chi connectivity index (χ1n) is 6.28. The van der Waals surface area contributed by atoms with E-state index in [1.807, 2.05) is 25.1 Å². The lowest BCUT2D eigenvalue weighted by Crippen LogP contribution is -2.13. The number of aryl methyl sites for hydroxylation is 1. The number of fused-ring (bicyclic) bond motifs is 1. The number of halogens is 3. The molecule has 0 fully saturated rings. The maximum atomic E-state index is 13.3. The van der Waals surface area contributed by atoms with E-state index in [0.29, 0.717) is 5.13 Å². The fraction of sp³-hybridized carbons (Fsp3) is 0.0667. The molecule has 3 aromatic rings. The monoisotopic (exact) mass is 338 g/mol. The zero-order valence-corrected chi connectivity index (χ0v) is 12.9. The summed E-state index contributed by atoms with van der Waals surface area (Å²) in [5.74, 6) is -2.87. The van der Waals surface area contributed by atoms with Gasteiger partial charge in [0.1, 0.15) is 0 Å². The highest BCUT2D eigenvalue weighted by molar-refractivity contribution is 7.22. The third-order valence-corrected chi connectivity index (χ3v) is 4.34. The Labute approximate surface area is 133 Å². The van der Waals surface area contributed by atoms with Gasteiger partial charge >= 0.3 is 0 Å². The number of nitrogens with zero attached hydrogens (tertiary/aromatic N) is 1. The zero-order chi connectivity index (χ0) is 15.9. The molecule has 3 nitrogen and oxygen atoms in total. The molecule has 2 aromatic carbocycles. The highest BCUT2D eigenvalue weighted by Gasteiger charge is 2.16. The first-order valence-corrected chi connectivity index (χ1v) is 7.47. The van der Waals surface area contributed by atoms with Crippen LogP contribution >= 0.6 is 22.9 Å². The molecule has 1 amide bonds. The number of hydrogen-bond donors (Lipinski definition) is 1. The Morgan fingerprint density at radius 2 is 2.00 bits per heavy atom. The first-order chi connectivity index (χ1) is 10.5. The molecule has 0 atom stereocenters. The van der Waals surface area contributed by atoms with E-state index in [2.05, 4.69) is 10.3 Å². The maximum Gasteiger partial charge on any atom is 0.259 e. The van der Waals surface area contributed by atoms with Gasteiger partial charge in [0.15, 0.2) is 16.8 Å². The van der Waals surface area contributed by atoms with E-state index in [1.165, 1.54) is 11.3 Å². The number of hydrogen-bond acceptors (Lipinski definition) is 3. The maximum absolute atomic E-state index is 13.3. The molecule has 0 spiro atoms. The summed E-state index contributed by atoms with van der Waals surface area (Å²) in [6.45, 7) is 1.92.